The normalized spacial score (nSPS) is 10.2. The zero-order chi connectivity index (χ0) is 12.7. The molecule has 0 unspecified atom stereocenters. The lowest BCUT2D eigenvalue weighted by Crippen LogP contribution is -2.23. The molecular formula is C12H17NO4. The Labute approximate surface area is 99.8 Å². The van der Waals surface area contributed by atoms with Crippen molar-refractivity contribution in [2.45, 2.75) is 32.6 Å². The third kappa shape index (κ3) is 4.30. The molecule has 0 aliphatic rings. The highest BCUT2D eigenvalue weighted by Gasteiger charge is 2.13. The van der Waals surface area contributed by atoms with Gasteiger partial charge in [-0.3, -0.25) is 4.79 Å². The van der Waals surface area contributed by atoms with Crippen molar-refractivity contribution in [1.29, 1.82) is 0 Å². The van der Waals surface area contributed by atoms with E-state index in [-0.39, 0.29) is 17.2 Å². The summed E-state index contributed by atoms with van der Waals surface area (Å²) in [6.45, 7) is 2.71. The molecule has 1 heterocycles. The fourth-order valence-electron chi connectivity index (χ4n) is 1.41. The molecular weight excluding hydrogens is 222 g/mol. The third-order valence-electron chi connectivity index (χ3n) is 2.39. The lowest BCUT2D eigenvalue weighted by Gasteiger charge is -2.01. The molecule has 0 spiro atoms. The van der Waals surface area contributed by atoms with E-state index < -0.39 is 5.97 Å². The molecule has 0 aliphatic heterocycles. The molecule has 1 rings (SSSR count). The van der Waals surface area contributed by atoms with Crippen molar-refractivity contribution in [3.8, 4) is 0 Å². The second kappa shape index (κ2) is 6.73. The summed E-state index contributed by atoms with van der Waals surface area (Å²) < 4.78 is 4.87. The van der Waals surface area contributed by atoms with Crippen LogP contribution in [-0.2, 0) is 0 Å². The standard InChI is InChI=1S/C12H17NO4/c1-2-3-4-5-6-13-11(14)10-7-9(8-17-10)12(15)16/h7-8H,2-6H2,1H3,(H,13,14)(H,15,16). The van der Waals surface area contributed by atoms with Gasteiger partial charge in [0, 0.05) is 12.6 Å². The highest BCUT2D eigenvalue weighted by molar-refractivity contribution is 5.95. The first-order chi connectivity index (χ1) is 8.15. The Morgan fingerprint density at radius 2 is 2.12 bits per heavy atom. The van der Waals surface area contributed by atoms with Gasteiger partial charge in [-0.1, -0.05) is 26.2 Å². The molecule has 0 saturated heterocycles. The number of unbranched alkanes of at least 4 members (excludes halogenated alkanes) is 3. The van der Waals surface area contributed by atoms with Gasteiger partial charge in [-0.2, -0.15) is 0 Å². The first kappa shape index (κ1) is 13.3. The largest absolute Gasteiger partial charge is 0.478 e. The number of carbonyl (C=O) groups is 2. The number of nitrogens with one attached hydrogen (secondary N) is 1. The molecule has 1 aromatic rings. The fraction of sp³-hybridized carbons (Fsp3) is 0.500. The molecule has 1 aromatic heterocycles. The van der Waals surface area contributed by atoms with Gasteiger partial charge in [-0.25, -0.2) is 4.79 Å². The number of furan rings is 1. The molecule has 0 aromatic carbocycles. The summed E-state index contributed by atoms with van der Waals surface area (Å²) in [4.78, 5) is 22.1. The molecule has 0 atom stereocenters. The van der Waals surface area contributed by atoms with Crippen molar-refractivity contribution in [1.82, 2.24) is 5.32 Å². The SMILES string of the molecule is CCCCCCNC(=O)c1cc(C(=O)O)co1. The molecule has 0 fully saturated rings. The summed E-state index contributed by atoms with van der Waals surface area (Å²) >= 11 is 0. The van der Waals surface area contributed by atoms with E-state index in [9.17, 15) is 9.59 Å². The molecule has 0 radical (unpaired) electrons. The minimum Gasteiger partial charge on any atom is -0.478 e. The van der Waals surface area contributed by atoms with E-state index in [2.05, 4.69) is 12.2 Å². The first-order valence-corrected chi connectivity index (χ1v) is 5.75. The molecule has 0 bridgehead atoms. The average Bonchev–Trinajstić information content (AvgIpc) is 2.78. The van der Waals surface area contributed by atoms with E-state index in [0.29, 0.717) is 6.54 Å². The van der Waals surface area contributed by atoms with Gasteiger partial charge in [0.2, 0.25) is 0 Å². The number of carboxylic acids is 1. The van der Waals surface area contributed by atoms with Crippen molar-refractivity contribution in [3.05, 3.63) is 23.7 Å². The predicted molar refractivity (Wildman–Crippen MR) is 62.1 cm³/mol. The van der Waals surface area contributed by atoms with Crippen molar-refractivity contribution >= 4 is 11.9 Å². The number of hydrogen-bond donors (Lipinski definition) is 2. The lowest BCUT2D eigenvalue weighted by atomic mass is 10.2. The summed E-state index contributed by atoms with van der Waals surface area (Å²) in [5.41, 5.74) is -0.0128. The topological polar surface area (TPSA) is 79.5 Å². The molecule has 1 amide bonds. The van der Waals surface area contributed by atoms with E-state index in [1.165, 1.54) is 6.07 Å². The summed E-state index contributed by atoms with van der Waals surface area (Å²) in [6, 6.07) is 1.23. The summed E-state index contributed by atoms with van der Waals surface area (Å²) in [5, 5.41) is 11.3. The first-order valence-electron chi connectivity index (χ1n) is 5.75. The molecule has 94 valence electrons. The van der Waals surface area contributed by atoms with Crippen molar-refractivity contribution in [3.63, 3.8) is 0 Å². The second-order valence-corrected chi connectivity index (χ2v) is 3.82. The summed E-state index contributed by atoms with van der Waals surface area (Å²) in [5.74, 6) is -1.43. The zero-order valence-electron chi connectivity index (χ0n) is 9.86. The maximum absolute atomic E-state index is 11.5. The summed E-state index contributed by atoms with van der Waals surface area (Å²) in [7, 11) is 0. The van der Waals surface area contributed by atoms with Crippen LogP contribution < -0.4 is 5.32 Å². The quantitative estimate of drug-likeness (QED) is 0.715. The van der Waals surface area contributed by atoms with Gasteiger partial charge < -0.3 is 14.8 Å². The average molecular weight is 239 g/mol. The van der Waals surface area contributed by atoms with Crippen molar-refractivity contribution in [2.75, 3.05) is 6.54 Å². The molecule has 0 saturated carbocycles. The van der Waals surface area contributed by atoms with E-state index in [1.54, 1.807) is 0 Å². The van der Waals surface area contributed by atoms with E-state index in [4.69, 9.17) is 9.52 Å². The zero-order valence-corrected chi connectivity index (χ0v) is 9.86. The Hall–Kier alpha value is -1.78. The maximum atomic E-state index is 11.5. The van der Waals surface area contributed by atoms with Crippen LogP contribution in [0.4, 0.5) is 0 Å². The molecule has 2 N–H and O–H groups in total. The van der Waals surface area contributed by atoms with E-state index in [0.717, 1.165) is 31.9 Å². The predicted octanol–water partition coefficient (Wildman–Crippen LogP) is 2.29. The van der Waals surface area contributed by atoms with Crippen LogP contribution in [0.5, 0.6) is 0 Å². The van der Waals surface area contributed by atoms with Crippen LogP contribution in [0.2, 0.25) is 0 Å². The van der Waals surface area contributed by atoms with E-state index in [1.807, 2.05) is 0 Å². The van der Waals surface area contributed by atoms with Crippen LogP contribution in [0.25, 0.3) is 0 Å². The van der Waals surface area contributed by atoms with Crippen molar-refractivity contribution in [2.24, 2.45) is 0 Å². The molecule has 0 aliphatic carbocycles. The number of aromatic carboxylic acids is 1. The van der Waals surface area contributed by atoms with Crippen LogP contribution in [0, 0.1) is 0 Å². The monoisotopic (exact) mass is 239 g/mol. The molecule has 17 heavy (non-hydrogen) atoms. The highest BCUT2D eigenvalue weighted by atomic mass is 16.4. The Morgan fingerprint density at radius 1 is 1.35 bits per heavy atom. The molecule has 5 heteroatoms. The van der Waals surface area contributed by atoms with Crippen LogP contribution >= 0.6 is 0 Å². The van der Waals surface area contributed by atoms with Crippen LogP contribution in [0.15, 0.2) is 16.7 Å². The smallest absolute Gasteiger partial charge is 0.338 e. The number of carboxylic acid groups (broad SMARTS) is 1. The van der Waals surface area contributed by atoms with Gasteiger partial charge in [-0.05, 0) is 6.42 Å². The number of carbonyl (C=O) groups excluding carboxylic acids is 1. The van der Waals surface area contributed by atoms with Crippen LogP contribution in [0.1, 0.15) is 53.5 Å². The Morgan fingerprint density at radius 3 is 2.71 bits per heavy atom. The van der Waals surface area contributed by atoms with Gasteiger partial charge in [0.05, 0.1) is 5.56 Å². The Bertz CT molecular complexity index is 384. The minimum absolute atomic E-state index is 0.0128. The number of hydrogen-bond acceptors (Lipinski definition) is 3. The molecule has 5 nitrogen and oxygen atoms in total. The maximum Gasteiger partial charge on any atom is 0.338 e. The van der Waals surface area contributed by atoms with Crippen LogP contribution in [-0.4, -0.2) is 23.5 Å². The highest BCUT2D eigenvalue weighted by Crippen LogP contribution is 2.07. The Kier molecular flexibility index (Phi) is 5.26. The van der Waals surface area contributed by atoms with Gasteiger partial charge in [0.15, 0.2) is 5.76 Å². The van der Waals surface area contributed by atoms with Gasteiger partial charge >= 0.3 is 5.97 Å². The number of amides is 1. The minimum atomic E-state index is -1.10. The van der Waals surface area contributed by atoms with E-state index >= 15 is 0 Å². The van der Waals surface area contributed by atoms with Gasteiger partial charge in [0.25, 0.3) is 5.91 Å². The fourth-order valence-corrected chi connectivity index (χ4v) is 1.41. The second-order valence-electron chi connectivity index (χ2n) is 3.82. The van der Waals surface area contributed by atoms with Crippen LogP contribution in [0.3, 0.4) is 0 Å². The van der Waals surface area contributed by atoms with Gasteiger partial charge in [0.1, 0.15) is 6.26 Å². The summed E-state index contributed by atoms with van der Waals surface area (Å²) in [6.07, 6.45) is 5.36. The third-order valence-corrected chi connectivity index (χ3v) is 2.39. The number of rotatable bonds is 7. The lowest BCUT2D eigenvalue weighted by molar-refractivity contribution is 0.0696. The van der Waals surface area contributed by atoms with Gasteiger partial charge in [-0.15, -0.1) is 0 Å². The Balaban J connectivity index is 2.34. The van der Waals surface area contributed by atoms with Crippen molar-refractivity contribution < 1.29 is 19.1 Å².